The summed E-state index contributed by atoms with van der Waals surface area (Å²) >= 11 is 0. The number of hydrogen-bond acceptors (Lipinski definition) is 6. The van der Waals surface area contributed by atoms with Gasteiger partial charge in [-0.1, -0.05) is 115 Å². The zero-order valence-electron chi connectivity index (χ0n) is 33.3. The van der Waals surface area contributed by atoms with E-state index >= 15 is 0 Å². The molecule has 0 amide bonds. The average molecular weight is 797 g/mol. The molecule has 0 aliphatic carbocycles. The van der Waals surface area contributed by atoms with Gasteiger partial charge in [0.25, 0.3) is 13.4 Å². The number of ether oxygens (including phenoxy) is 4. The highest BCUT2D eigenvalue weighted by Crippen LogP contribution is 2.48. The van der Waals surface area contributed by atoms with Crippen molar-refractivity contribution in [2.75, 3.05) is 9.80 Å². The fourth-order valence-electron chi connectivity index (χ4n) is 9.91. The summed E-state index contributed by atoms with van der Waals surface area (Å²) in [7, 11) is 0. The first-order valence-corrected chi connectivity index (χ1v) is 21.0. The zero-order chi connectivity index (χ0) is 40.7. The number of benzene rings is 9. The SMILES string of the molecule is c1ccc(Oc2cc3c4c(c2)N(c2ccccc2)c2cc5c(cc2B4c2ccccc2O3)B2c3ccccc3Oc3cc(Oc4ccccc4)cc(c32)N5c2ccccc2)cc1. The molecule has 0 bridgehead atoms. The molecule has 13 rings (SSSR count). The number of para-hydroxylation sites is 6. The van der Waals surface area contributed by atoms with Crippen LogP contribution in [0.4, 0.5) is 34.1 Å². The van der Waals surface area contributed by atoms with Crippen LogP contribution in [0.2, 0.25) is 0 Å². The zero-order valence-corrected chi connectivity index (χ0v) is 33.3. The molecule has 6 nitrogen and oxygen atoms in total. The molecule has 0 unspecified atom stereocenters. The molecule has 9 aromatic carbocycles. The molecular weight excluding hydrogens is 762 g/mol. The smallest absolute Gasteiger partial charge is 0.256 e. The van der Waals surface area contributed by atoms with E-state index < -0.39 is 0 Å². The first kappa shape index (κ1) is 34.7. The van der Waals surface area contributed by atoms with Gasteiger partial charge in [-0.05, 0) is 99.5 Å². The third-order valence-corrected chi connectivity index (χ3v) is 12.4. The van der Waals surface area contributed by atoms with E-state index in [0.717, 1.165) is 90.5 Å². The Balaban J connectivity index is 1.11. The molecule has 62 heavy (non-hydrogen) atoms. The van der Waals surface area contributed by atoms with Crippen LogP contribution in [0.15, 0.2) is 206 Å². The quantitative estimate of drug-likeness (QED) is 0.156. The Bertz CT molecular complexity index is 3010. The van der Waals surface area contributed by atoms with Crippen molar-refractivity contribution in [3.63, 3.8) is 0 Å². The lowest BCUT2D eigenvalue weighted by Crippen LogP contribution is -2.63. The molecule has 8 heteroatoms. The number of hydrogen-bond donors (Lipinski definition) is 0. The maximum absolute atomic E-state index is 6.86. The van der Waals surface area contributed by atoms with Gasteiger partial charge in [-0.25, -0.2) is 0 Å². The van der Waals surface area contributed by atoms with Gasteiger partial charge in [0.1, 0.15) is 46.0 Å². The van der Waals surface area contributed by atoms with E-state index in [1.54, 1.807) is 0 Å². The van der Waals surface area contributed by atoms with Crippen LogP contribution in [0, 0.1) is 0 Å². The summed E-state index contributed by atoms with van der Waals surface area (Å²) in [6, 6.07) is 71.3. The highest BCUT2D eigenvalue weighted by Gasteiger charge is 2.47. The summed E-state index contributed by atoms with van der Waals surface area (Å²) in [6.07, 6.45) is 0. The molecule has 0 N–H and O–H groups in total. The van der Waals surface area contributed by atoms with Gasteiger partial charge in [0, 0.05) is 58.4 Å². The van der Waals surface area contributed by atoms with Gasteiger partial charge in [-0.15, -0.1) is 0 Å². The average Bonchev–Trinajstić information content (AvgIpc) is 3.32. The molecule has 0 atom stereocenters. The van der Waals surface area contributed by atoms with Gasteiger partial charge >= 0.3 is 0 Å². The second-order valence-electron chi connectivity index (χ2n) is 16.0. The van der Waals surface area contributed by atoms with Crippen LogP contribution in [-0.2, 0) is 0 Å². The topological polar surface area (TPSA) is 43.4 Å². The van der Waals surface area contributed by atoms with Crippen molar-refractivity contribution < 1.29 is 18.9 Å². The summed E-state index contributed by atoms with van der Waals surface area (Å²) in [5.41, 5.74) is 13.1. The minimum Gasteiger partial charge on any atom is -0.458 e. The predicted octanol–water partition coefficient (Wildman–Crippen LogP) is 10.1. The highest BCUT2D eigenvalue weighted by molar-refractivity contribution is 7.02. The molecule has 0 saturated carbocycles. The molecule has 4 aliphatic rings. The Morgan fingerprint density at radius 2 is 0.694 bits per heavy atom. The van der Waals surface area contributed by atoms with Crippen molar-refractivity contribution in [2.45, 2.75) is 0 Å². The summed E-state index contributed by atoms with van der Waals surface area (Å²) < 4.78 is 26.9. The largest absolute Gasteiger partial charge is 0.458 e. The van der Waals surface area contributed by atoms with Gasteiger partial charge in [0.15, 0.2) is 0 Å². The van der Waals surface area contributed by atoms with Crippen molar-refractivity contribution in [1.29, 1.82) is 0 Å². The fraction of sp³-hybridized carbons (Fsp3) is 0. The minimum atomic E-state index is -0.126. The van der Waals surface area contributed by atoms with Gasteiger partial charge in [-0.2, -0.15) is 0 Å². The number of anilines is 6. The van der Waals surface area contributed by atoms with E-state index in [2.05, 4.69) is 131 Å². The maximum atomic E-state index is 6.86. The first-order chi connectivity index (χ1) is 30.7. The van der Waals surface area contributed by atoms with Gasteiger partial charge in [-0.3, -0.25) is 0 Å². The lowest BCUT2D eigenvalue weighted by Gasteiger charge is -2.44. The molecule has 0 aromatic heterocycles. The Morgan fingerprint density at radius 3 is 1.13 bits per heavy atom. The Labute approximate surface area is 359 Å². The maximum Gasteiger partial charge on any atom is 0.256 e. The van der Waals surface area contributed by atoms with Crippen molar-refractivity contribution in [3.05, 3.63) is 206 Å². The van der Waals surface area contributed by atoms with Crippen LogP contribution >= 0.6 is 0 Å². The predicted molar refractivity (Wildman–Crippen MR) is 251 cm³/mol. The monoisotopic (exact) mass is 796 g/mol. The number of rotatable bonds is 6. The Hall–Kier alpha value is -8.09. The molecule has 0 fully saturated rings. The molecule has 4 aliphatic heterocycles. The van der Waals surface area contributed by atoms with Gasteiger partial charge < -0.3 is 28.7 Å². The molecule has 0 spiro atoms. The summed E-state index contributed by atoms with van der Waals surface area (Å²) in [6.45, 7) is -0.252. The minimum absolute atomic E-state index is 0.126. The van der Waals surface area contributed by atoms with Crippen molar-refractivity contribution in [2.24, 2.45) is 0 Å². The third kappa shape index (κ3) is 5.40. The van der Waals surface area contributed by atoms with E-state index in [1.165, 1.54) is 10.9 Å². The molecular formula is C54H34B2N2O4. The van der Waals surface area contributed by atoms with Crippen LogP contribution in [-0.4, -0.2) is 13.4 Å². The van der Waals surface area contributed by atoms with E-state index in [1.807, 2.05) is 84.9 Å². The van der Waals surface area contributed by atoms with E-state index in [0.29, 0.717) is 11.5 Å². The second-order valence-corrected chi connectivity index (χ2v) is 16.0. The fourth-order valence-corrected chi connectivity index (χ4v) is 9.91. The summed E-state index contributed by atoms with van der Waals surface area (Å²) in [5, 5.41) is 0. The van der Waals surface area contributed by atoms with Crippen molar-refractivity contribution >= 4 is 80.3 Å². The molecule has 290 valence electrons. The van der Waals surface area contributed by atoms with E-state index in [4.69, 9.17) is 18.9 Å². The molecule has 0 saturated heterocycles. The Morgan fingerprint density at radius 1 is 0.306 bits per heavy atom. The number of fused-ring (bicyclic) bond motifs is 8. The summed E-state index contributed by atoms with van der Waals surface area (Å²) in [5.74, 6) is 6.14. The van der Waals surface area contributed by atoms with Crippen LogP contribution in [0.1, 0.15) is 0 Å². The highest BCUT2D eigenvalue weighted by atomic mass is 16.5. The van der Waals surface area contributed by atoms with Crippen molar-refractivity contribution in [1.82, 2.24) is 0 Å². The standard InChI is InChI=1S/C54H34B2N2O4/c1-5-17-35(18-6-1)57-45-34-46-44(33-43(45)55-41-25-13-15-27-49(41)61-51-31-39(29-47(57)53(51)55)59-37-21-9-3-10-22-37)56-42-26-14-16-28-50(42)62-52-32-40(60-38-23-11-4-12-24-38)30-48(54(52)56)58(46)36-19-7-2-8-20-36/h1-34H. The van der Waals surface area contributed by atoms with Gasteiger partial charge in [0.2, 0.25) is 0 Å². The lowest BCUT2D eigenvalue weighted by molar-refractivity contribution is 0.462. The van der Waals surface area contributed by atoms with E-state index in [9.17, 15) is 0 Å². The van der Waals surface area contributed by atoms with Crippen LogP contribution < -0.4 is 61.5 Å². The summed E-state index contributed by atoms with van der Waals surface area (Å²) in [4.78, 5) is 4.77. The Kier molecular flexibility index (Phi) is 7.69. The lowest BCUT2D eigenvalue weighted by atomic mass is 9.31. The van der Waals surface area contributed by atoms with Crippen LogP contribution in [0.5, 0.6) is 46.0 Å². The van der Waals surface area contributed by atoms with Crippen LogP contribution in [0.3, 0.4) is 0 Å². The van der Waals surface area contributed by atoms with Gasteiger partial charge in [0.05, 0.1) is 0 Å². The molecule has 4 heterocycles. The third-order valence-electron chi connectivity index (χ3n) is 12.4. The molecule has 9 aromatic rings. The molecule has 0 radical (unpaired) electrons. The number of nitrogens with zero attached hydrogens (tertiary/aromatic N) is 2. The van der Waals surface area contributed by atoms with E-state index in [-0.39, 0.29) is 13.4 Å². The second kappa shape index (κ2) is 13.7. The van der Waals surface area contributed by atoms with Crippen molar-refractivity contribution in [3.8, 4) is 46.0 Å². The normalized spacial score (nSPS) is 13.3. The first-order valence-electron chi connectivity index (χ1n) is 21.0. The van der Waals surface area contributed by atoms with Crippen LogP contribution in [0.25, 0.3) is 0 Å².